The van der Waals surface area contributed by atoms with Crippen molar-refractivity contribution in [3.8, 4) is 5.75 Å². The van der Waals surface area contributed by atoms with E-state index in [-0.39, 0.29) is 17.9 Å². The van der Waals surface area contributed by atoms with Gasteiger partial charge in [-0.1, -0.05) is 43.5 Å². The van der Waals surface area contributed by atoms with Crippen molar-refractivity contribution in [1.29, 1.82) is 0 Å². The number of nitrogens with zero attached hydrogens (tertiary/aromatic N) is 4. The van der Waals surface area contributed by atoms with Gasteiger partial charge in [-0.05, 0) is 37.6 Å². The normalized spacial score (nSPS) is 17.6. The number of amides is 2. The summed E-state index contributed by atoms with van der Waals surface area (Å²) in [6, 6.07) is 9.44. The minimum absolute atomic E-state index is 0.0901. The lowest BCUT2D eigenvalue weighted by Crippen LogP contribution is -2.57. The molecular formula is C25H30N4O3. The Kier molecular flexibility index (Phi) is 7.65. The van der Waals surface area contributed by atoms with Crippen LogP contribution < -0.4 is 4.74 Å². The van der Waals surface area contributed by atoms with Crippen molar-refractivity contribution in [2.24, 2.45) is 0 Å². The largest absolute Gasteiger partial charge is 0.481 e. The quantitative estimate of drug-likeness (QED) is 0.473. The fourth-order valence-corrected chi connectivity index (χ4v) is 3.79. The second kappa shape index (κ2) is 10.6. The van der Waals surface area contributed by atoms with Gasteiger partial charge in [0.1, 0.15) is 5.75 Å². The van der Waals surface area contributed by atoms with Crippen LogP contribution in [0.3, 0.4) is 0 Å². The highest BCUT2D eigenvalue weighted by atomic mass is 16.5. The Hall–Kier alpha value is -3.61. The van der Waals surface area contributed by atoms with Crippen LogP contribution in [0.25, 0.3) is 0 Å². The molecule has 7 heteroatoms. The van der Waals surface area contributed by atoms with Gasteiger partial charge in [-0.25, -0.2) is 0 Å². The summed E-state index contributed by atoms with van der Waals surface area (Å²) in [5, 5.41) is 4.22. The Morgan fingerprint density at radius 2 is 2.09 bits per heavy atom. The number of hydrogen-bond acceptors (Lipinski definition) is 4. The number of ether oxygens (including phenoxy) is 1. The number of aromatic nitrogens is 2. The van der Waals surface area contributed by atoms with Crippen LogP contribution in [-0.2, 0) is 16.1 Å². The first-order valence-electron chi connectivity index (χ1n) is 10.7. The van der Waals surface area contributed by atoms with Crippen LogP contribution >= 0.6 is 0 Å². The third-order valence-electron chi connectivity index (χ3n) is 5.42. The summed E-state index contributed by atoms with van der Waals surface area (Å²) in [6.07, 6.45) is 7.75. The molecule has 0 N–H and O–H groups in total. The van der Waals surface area contributed by atoms with E-state index in [9.17, 15) is 9.59 Å². The predicted octanol–water partition coefficient (Wildman–Crippen LogP) is 3.06. The second-order valence-electron chi connectivity index (χ2n) is 7.80. The highest BCUT2D eigenvalue weighted by molar-refractivity contribution is 5.96. The molecule has 1 fully saturated rings. The van der Waals surface area contributed by atoms with Gasteiger partial charge in [-0.15, -0.1) is 0 Å². The van der Waals surface area contributed by atoms with E-state index in [1.807, 2.05) is 48.1 Å². The fraction of sp³-hybridized carbons (Fsp3) is 0.320. The van der Waals surface area contributed by atoms with E-state index in [1.54, 1.807) is 35.1 Å². The summed E-state index contributed by atoms with van der Waals surface area (Å²) in [4.78, 5) is 29.3. The Labute approximate surface area is 189 Å². The molecule has 7 nitrogen and oxygen atoms in total. The van der Waals surface area contributed by atoms with Crippen molar-refractivity contribution >= 4 is 11.8 Å². The van der Waals surface area contributed by atoms with Gasteiger partial charge in [0.15, 0.2) is 6.10 Å². The maximum Gasteiger partial charge on any atom is 0.263 e. The molecule has 1 aliphatic heterocycles. The number of hydrogen-bond donors (Lipinski definition) is 0. The maximum atomic E-state index is 13.1. The molecule has 3 rings (SSSR count). The minimum atomic E-state index is -0.635. The van der Waals surface area contributed by atoms with Crippen LogP contribution in [0.2, 0.25) is 0 Å². The zero-order valence-electron chi connectivity index (χ0n) is 18.7. The highest BCUT2D eigenvalue weighted by Gasteiger charge is 2.33. The Balaban J connectivity index is 1.59. The molecule has 1 aliphatic rings. The molecule has 0 spiro atoms. The lowest BCUT2D eigenvalue weighted by atomic mass is 10.1. The minimum Gasteiger partial charge on any atom is -0.481 e. The van der Waals surface area contributed by atoms with Crippen LogP contribution in [0.5, 0.6) is 5.75 Å². The highest BCUT2D eigenvalue weighted by Crippen LogP contribution is 2.19. The summed E-state index contributed by atoms with van der Waals surface area (Å²) >= 11 is 0. The first-order valence-corrected chi connectivity index (χ1v) is 10.7. The van der Waals surface area contributed by atoms with Gasteiger partial charge in [-0.2, -0.15) is 5.10 Å². The predicted molar refractivity (Wildman–Crippen MR) is 124 cm³/mol. The summed E-state index contributed by atoms with van der Waals surface area (Å²) in [6.45, 7) is 13.0. The van der Waals surface area contributed by atoms with Crippen molar-refractivity contribution in [3.63, 3.8) is 0 Å². The first kappa shape index (κ1) is 23.1. The molecule has 0 saturated carbocycles. The molecule has 2 aromatic rings. The molecule has 2 atom stereocenters. The average molecular weight is 435 g/mol. The van der Waals surface area contributed by atoms with E-state index >= 15 is 0 Å². The lowest BCUT2D eigenvalue weighted by molar-refractivity contribution is -0.145. The van der Waals surface area contributed by atoms with Crippen molar-refractivity contribution < 1.29 is 14.3 Å². The third-order valence-corrected chi connectivity index (χ3v) is 5.42. The van der Waals surface area contributed by atoms with Crippen LogP contribution in [0.1, 0.15) is 19.4 Å². The van der Waals surface area contributed by atoms with Gasteiger partial charge in [0, 0.05) is 43.6 Å². The average Bonchev–Trinajstić information content (AvgIpc) is 3.29. The molecule has 1 aromatic heterocycles. The van der Waals surface area contributed by atoms with E-state index in [1.165, 1.54) is 6.08 Å². The summed E-state index contributed by atoms with van der Waals surface area (Å²) < 4.78 is 7.80. The van der Waals surface area contributed by atoms with E-state index in [0.717, 1.165) is 5.56 Å². The third kappa shape index (κ3) is 5.55. The van der Waals surface area contributed by atoms with Crippen molar-refractivity contribution in [2.75, 3.05) is 19.6 Å². The molecule has 0 aliphatic carbocycles. The van der Waals surface area contributed by atoms with Crippen LogP contribution in [-0.4, -0.2) is 63.2 Å². The van der Waals surface area contributed by atoms with Crippen LogP contribution in [0, 0.1) is 0 Å². The van der Waals surface area contributed by atoms with Gasteiger partial charge in [0.2, 0.25) is 0 Å². The number of benzene rings is 1. The number of carbonyl (C=O) groups is 2. The molecule has 2 unspecified atom stereocenters. The SMILES string of the molecule is C=C/C=C(\C=C)C(=O)N1CCN(C(=O)C(C)Oc2cccc(Cn3cccn3)c2)C(C)C1. The van der Waals surface area contributed by atoms with E-state index < -0.39 is 6.10 Å². The van der Waals surface area contributed by atoms with E-state index in [0.29, 0.717) is 37.5 Å². The van der Waals surface area contributed by atoms with Gasteiger partial charge >= 0.3 is 0 Å². The molecule has 168 valence electrons. The van der Waals surface area contributed by atoms with Gasteiger partial charge in [0.25, 0.3) is 11.8 Å². The summed E-state index contributed by atoms with van der Waals surface area (Å²) in [5.41, 5.74) is 1.54. The maximum absolute atomic E-state index is 13.1. The first-order chi connectivity index (χ1) is 15.4. The Morgan fingerprint density at radius 1 is 1.28 bits per heavy atom. The standard InChI is InChI=1S/C25H30N4O3/c1-5-9-22(6-2)25(31)27-14-15-29(19(3)17-27)24(30)20(4)32-23-11-7-10-21(16-23)18-28-13-8-12-26-28/h5-13,16,19-20H,1-2,14-15,17-18H2,3-4H3/b22-9+. The monoisotopic (exact) mass is 434 g/mol. The zero-order valence-corrected chi connectivity index (χ0v) is 18.7. The molecule has 1 saturated heterocycles. The number of allylic oxidation sites excluding steroid dienone is 2. The molecular weight excluding hydrogens is 404 g/mol. The summed E-state index contributed by atoms with van der Waals surface area (Å²) in [5.74, 6) is 0.451. The smallest absolute Gasteiger partial charge is 0.263 e. The molecule has 0 radical (unpaired) electrons. The molecule has 2 amide bonds. The molecule has 2 heterocycles. The topological polar surface area (TPSA) is 67.7 Å². The molecule has 1 aromatic carbocycles. The van der Waals surface area contributed by atoms with Gasteiger partial charge < -0.3 is 14.5 Å². The Bertz CT molecular complexity index is 996. The van der Waals surface area contributed by atoms with Crippen LogP contribution in [0.4, 0.5) is 0 Å². The fourth-order valence-electron chi connectivity index (χ4n) is 3.79. The summed E-state index contributed by atoms with van der Waals surface area (Å²) in [7, 11) is 0. The van der Waals surface area contributed by atoms with Gasteiger partial charge in [0.05, 0.1) is 6.54 Å². The van der Waals surface area contributed by atoms with E-state index in [4.69, 9.17) is 4.74 Å². The molecule has 32 heavy (non-hydrogen) atoms. The van der Waals surface area contributed by atoms with Crippen molar-refractivity contribution in [2.45, 2.75) is 32.5 Å². The van der Waals surface area contributed by atoms with Crippen LogP contribution in [0.15, 0.2) is 79.7 Å². The number of rotatable bonds is 8. The van der Waals surface area contributed by atoms with E-state index in [2.05, 4.69) is 18.3 Å². The number of piperazine rings is 1. The second-order valence-corrected chi connectivity index (χ2v) is 7.80. The molecule has 0 bridgehead atoms. The Morgan fingerprint density at radius 3 is 2.75 bits per heavy atom. The van der Waals surface area contributed by atoms with Gasteiger partial charge in [-0.3, -0.25) is 14.3 Å². The van der Waals surface area contributed by atoms with Crippen molar-refractivity contribution in [1.82, 2.24) is 19.6 Å². The lowest BCUT2D eigenvalue weighted by Gasteiger charge is -2.40. The number of carbonyl (C=O) groups excluding carboxylic acids is 2. The zero-order chi connectivity index (χ0) is 23.1. The van der Waals surface area contributed by atoms with Crippen molar-refractivity contribution in [3.05, 3.63) is 85.2 Å².